The lowest BCUT2D eigenvalue weighted by Crippen LogP contribution is -2.23. The molecule has 5 heteroatoms. The summed E-state index contributed by atoms with van der Waals surface area (Å²) in [5.41, 5.74) is 0.831. The third kappa shape index (κ3) is 7.25. The van der Waals surface area contributed by atoms with Crippen LogP contribution in [0.2, 0.25) is 0 Å². The number of rotatable bonds is 8. The van der Waals surface area contributed by atoms with Crippen LogP contribution >= 0.6 is 9.24 Å². The highest BCUT2D eigenvalue weighted by Gasteiger charge is 2.02. The van der Waals surface area contributed by atoms with Crippen molar-refractivity contribution in [1.29, 1.82) is 0 Å². The van der Waals surface area contributed by atoms with Crippen LogP contribution < -0.4 is 15.9 Å². The van der Waals surface area contributed by atoms with E-state index in [1.165, 1.54) is 0 Å². The predicted molar refractivity (Wildman–Crippen MR) is 86.2 cm³/mol. The molecule has 1 aromatic rings. The zero-order valence-electron chi connectivity index (χ0n) is 11.9. The van der Waals surface area contributed by atoms with Gasteiger partial charge in [0, 0.05) is 25.1 Å². The molecule has 0 heterocycles. The summed E-state index contributed by atoms with van der Waals surface area (Å²) in [6.45, 7) is 2.53. The fraction of sp³-hybridized carbons (Fsp3) is 0.467. The summed E-state index contributed by atoms with van der Waals surface area (Å²) in [5.74, 6) is 0.123. The molecular formula is C15H23N2O2P. The van der Waals surface area contributed by atoms with Gasteiger partial charge in [-0.2, -0.15) is 0 Å². The Bertz CT molecular complexity index is 449. The average Bonchev–Trinajstić information content (AvgIpc) is 2.42. The van der Waals surface area contributed by atoms with Crippen LogP contribution in [0.15, 0.2) is 24.3 Å². The SMILES string of the molecule is CCC(=O)NCCCCCC(=O)Nc1cccc(P)c1. The molecule has 20 heavy (non-hydrogen) atoms. The van der Waals surface area contributed by atoms with Gasteiger partial charge < -0.3 is 10.6 Å². The molecular weight excluding hydrogens is 271 g/mol. The number of hydrogen-bond donors (Lipinski definition) is 2. The Hall–Kier alpha value is -1.41. The van der Waals surface area contributed by atoms with Gasteiger partial charge in [-0.3, -0.25) is 9.59 Å². The van der Waals surface area contributed by atoms with Crippen molar-refractivity contribution in [3.05, 3.63) is 24.3 Å². The van der Waals surface area contributed by atoms with Crippen molar-refractivity contribution in [2.75, 3.05) is 11.9 Å². The predicted octanol–water partition coefficient (Wildman–Crippen LogP) is 2.21. The van der Waals surface area contributed by atoms with Crippen LogP contribution in [0.4, 0.5) is 5.69 Å². The number of benzene rings is 1. The highest BCUT2D eigenvalue weighted by molar-refractivity contribution is 7.27. The summed E-state index contributed by atoms with van der Waals surface area (Å²) in [6.07, 6.45) is 3.75. The van der Waals surface area contributed by atoms with Crippen LogP contribution in [0.1, 0.15) is 39.0 Å². The van der Waals surface area contributed by atoms with E-state index in [1.807, 2.05) is 31.2 Å². The first-order chi connectivity index (χ1) is 9.61. The fourth-order valence-electron chi connectivity index (χ4n) is 1.78. The molecule has 0 aromatic heterocycles. The largest absolute Gasteiger partial charge is 0.356 e. The third-order valence-electron chi connectivity index (χ3n) is 2.89. The Kier molecular flexibility index (Phi) is 7.89. The van der Waals surface area contributed by atoms with Gasteiger partial charge in [0.2, 0.25) is 11.8 Å². The van der Waals surface area contributed by atoms with Crippen LogP contribution in [0.3, 0.4) is 0 Å². The van der Waals surface area contributed by atoms with E-state index in [4.69, 9.17) is 0 Å². The van der Waals surface area contributed by atoms with Crippen molar-refractivity contribution < 1.29 is 9.59 Å². The monoisotopic (exact) mass is 294 g/mol. The van der Waals surface area contributed by atoms with E-state index in [-0.39, 0.29) is 11.8 Å². The van der Waals surface area contributed by atoms with Gasteiger partial charge in [-0.1, -0.05) is 25.5 Å². The van der Waals surface area contributed by atoms with Crippen LogP contribution in [-0.4, -0.2) is 18.4 Å². The Morgan fingerprint density at radius 3 is 2.65 bits per heavy atom. The average molecular weight is 294 g/mol. The maximum atomic E-state index is 11.7. The Morgan fingerprint density at radius 2 is 1.95 bits per heavy atom. The Balaban J connectivity index is 2.10. The highest BCUT2D eigenvalue weighted by Crippen LogP contribution is 2.08. The molecule has 2 N–H and O–H groups in total. The van der Waals surface area contributed by atoms with Gasteiger partial charge in [0.25, 0.3) is 0 Å². The van der Waals surface area contributed by atoms with Crippen molar-refractivity contribution in [2.45, 2.75) is 39.0 Å². The van der Waals surface area contributed by atoms with Crippen LogP contribution in [-0.2, 0) is 9.59 Å². The van der Waals surface area contributed by atoms with E-state index in [0.29, 0.717) is 19.4 Å². The van der Waals surface area contributed by atoms with Gasteiger partial charge in [0.1, 0.15) is 0 Å². The molecule has 1 unspecified atom stereocenters. The maximum Gasteiger partial charge on any atom is 0.224 e. The van der Waals surface area contributed by atoms with E-state index in [0.717, 1.165) is 30.3 Å². The quantitative estimate of drug-likeness (QED) is 0.570. The fourth-order valence-corrected chi connectivity index (χ4v) is 2.07. The lowest BCUT2D eigenvalue weighted by molar-refractivity contribution is -0.121. The summed E-state index contributed by atoms with van der Waals surface area (Å²) in [7, 11) is 2.61. The van der Waals surface area contributed by atoms with Gasteiger partial charge in [-0.15, -0.1) is 9.24 Å². The molecule has 0 fully saturated rings. The van der Waals surface area contributed by atoms with Crippen LogP contribution in [0.25, 0.3) is 0 Å². The molecule has 0 spiro atoms. The van der Waals surface area contributed by atoms with Gasteiger partial charge in [0.15, 0.2) is 0 Å². The number of hydrogen-bond acceptors (Lipinski definition) is 2. The highest BCUT2D eigenvalue weighted by atomic mass is 31.0. The number of carbonyl (C=O) groups is 2. The molecule has 2 amide bonds. The molecule has 0 aliphatic heterocycles. The minimum Gasteiger partial charge on any atom is -0.356 e. The van der Waals surface area contributed by atoms with Crippen LogP contribution in [0.5, 0.6) is 0 Å². The number of nitrogens with one attached hydrogen (secondary N) is 2. The van der Waals surface area contributed by atoms with Crippen molar-refractivity contribution in [3.8, 4) is 0 Å². The maximum absolute atomic E-state index is 11.7. The van der Waals surface area contributed by atoms with Crippen molar-refractivity contribution in [3.63, 3.8) is 0 Å². The van der Waals surface area contributed by atoms with E-state index in [2.05, 4.69) is 19.9 Å². The van der Waals surface area contributed by atoms with Crippen LogP contribution in [0, 0.1) is 0 Å². The van der Waals surface area contributed by atoms with E-state index in [1.54, 1.807) is 0 Å². The minimum absolute atomic E-state index is 0.0400. The minimum atomic E-state index is 0.0400. The first-order valence-electron chi connectivity index (χ1n) is 7.04. The summed E-state index contributed by atoms with van der Waals surface area (Å²) in [4.78, 5) is 22.7. The lowest BCUT2D eigenvalue weighted by Gasteiger charge is -2.06. The standard InChI is InChI=1S/C15H23N2O2P/c1-2-14(18)16-10-5-3-4-9-15(19)17-12-7-6-8-13(20)11-12/h6-8,11H,2-5,9-10,20H2,1H3,(H,16,18)(H,17,19). The normalized spacial score (nSPS) is 10.1. The molecule has 110 valence electrons. The van der Waals surface area contributed by atoms with E-state index >= 15 is 0 Å². The molecule has 0 bridgehead atoms. The Labute approximate surface area is 122 Å². The van der Waals surface area contributed by atoms with Crippen molar-refractivity contribution in [1.82, 2.24) is 5.32 Å². The number of amides is 2. The second kappa shape index (κ2) is 9.49. The molecule has 1 atom stereocenters. The van der Waals surface area contributed by atoms with E-state index in [9.17, 15) is 9.59 Å². The van der Waals surface area contributed by atoms with Gasteiger partial charge in [-0.25, -0.2) is 0 Å². The topological polar surface area (TPSA) is 58.2 Å². The smallest absolute Gasteiger partial charge is 0.224 e. The molecule has 0 saturated heterocycles. The molecule has 1 rings (SSSR count). The summed E-state index contributed by atoms with van der Waals surface area (Å²) in [5, 5.41) is 6.75. The molecule has 0 aliphatic carbocycles. The second-order valence-electron chi connectivity index (χ2n) is 4.69. The number of carbonyl (C=O) groups excluding carboxylic acids is 2. The van der Waals surface area contributed by atoms with Crippen molar-refractivity contribution in [2.24, 2.45) is 0 Å². The van der Waals surface area contributed by atoms with Gasteiger partial charge in [0.05, 0.1) is 0 Å². The number of unbranched alkanes of at least 4 members (excludes halogenated alkanes) is 2. The molecule has 0 saturated carbocycles. The molecule has 1 aromatic carbocycles. The second-order valence-corrected chi connectivity index (χ2v) is 5.35. The first-order valence-corrected chi connectivity index (χ1v) is 7.61. The lowest BCUT2D eigenvalue weighted by atomic mass is 10.2. The first kappa shape index (κ1) is 16.6. The zero-order valence-corrected chi connectivity index (χ0v) is 13.1. The summed E-state index contributed by atoms with van der Waals surface area (Å²) >= 11 is 0. The van der Waals surface area contributed by atoms with Gasteiger partial charge >= 0.3 is 0 Å². The zero-order chi connectivity index (χ0) is 14.8. The van der Waals surface area contributed by atoms with Crippen molar-refractivity contribution >= 4 is 32.0 Å². The molecule has 0 radical (unpaired) electrons. The summed E-state index contributed by atoms with van der Waals surface area (Å²) < 4.78 is 0. The Morgan fingerprint density at radius 1 is 1.15 bits per heavy atom. The number of anilines is 1. The van der Waals surface area contributed by atoms with Gasteiger partial charge in [-0.05, 0) is 30.3 Å². The van der Waals surface area contributed by atoms with E-state index < -0.39 is 0 Å². The third-order valence-corrected chi connectivity index (χ3v) is 3.25. The molecule has 0 aliphatic rings. The summed E-state index contributed by atoms with van der Waals surface area (Å²) in [6, 6.07) is 7.67. The molecule has 4 nitrogen and oxygen atoms in total.